The maximum absolute atomic E-state index is 13.0. The predicted molar refractivity (Wildman–Crippen MR) is 53.8 cm³/mol. The lowest BCUT2D eigenvalue weighted by atomic mass is 10.1. The lowest BCUT2D eigenvalue weighted by Crippen LogP contribution is -2.31. The summed E-state index contributed by atoms with van der Waals surface area (Å²) >= 11 is 5.46. The van der Waals surface area contributed by atoms with Crippen molar-refractivity contribution in [3.05, 3.63) is 29.3 Å². The first-order chi connectivity index (χ1) is 7.56. The third kappa shape index (κ3) is 1.48. The predicted octanol–water partition coefficient (Wildman–Crippen LogP) is 1.73. The van der Waals surface area contributed by atoms with Gasteiger partial charge in [-0.25, -0.2) is 8.78 Å². The van der Waals surface area contributed by atoms with Crippen LogP contribution in [0.4, 0.5) is 14.5 Å². The molecule has 84 valence electrons. The fourth-order valence-electron chi connectivity index (χ4n) is 1.60. The molecule has 1 amide bonds. The van der Waals surface area contributed by atoms with Gasteiger partial charge in [0.1, 0.15) is 0 Å². The van der Waals surface area contributed by atoms with Crippen LogP contribution in [0.2, 0.25) is 0 Å². The molecule has 0 saturated carbocycles. The molecule has 0 saturated heterocycles. The van der Waals surface area contributed by atoms with Crippen LogP contribution in [0, 0.1) is 11.6 Å². The van der Waals surface area contributed by atoms with E-state index in [4.69, 9.17) is 11.6 Å². The van der Waals surface area contributed by atoms with E-state index in [-0.39, 0.29) is 23.7 Å². The molecule has 1 heterocycles. The van der Waals surface area contributed by atoms with E-state index in [0.29, 0.717) is 0 Å². The Hall–Kier alpha value is -1.49. The molecule has 0 unspecified atom stereocenters. The number of fused-ring (bicyclic) bond motifs is 1. The van der Waals surface area contributed by atoms with Gasteiger partial charge in [-0.3, -0.25) is 9.59 Å². The van der Waals surface area contributed by atoms with E-state index in [2.05, 4.69) is 0 Å². The van der Waals surface area contributed by atoms with E-state index in [9.17, 15) is 18.4 Å². The first kappa shape index (κ1) is 11.0. The van der Waals surface area contributed by atoms with Gasteiger partial charge in [-0.15, -0.1) is 11.6 Å². The summed E-state index contributed by atoms with van der Waals surface area (Å²) in [6.45, 7) is 0.0875. The van der Waals surface area contributed by atoms with Crippen molar-refractivity contribution in [3.8, 4) is 0 Å². The second-order valence-corrected chi connectivity index (χ2v) is 3.64. The molecule has 2 rings (SSSR count). The van der Waals surface area contributed by atoms with Gasteiger partial charge >= 0.3 is 0 Å². The number of alkyl halides is 1. The van der Waals surface area contributed by atoms with Crippen LogP contribution in [0.3, 0.4) is 0 Å². The molecule has 0 bridgehead atoms. The monoisotopic (exact) mass is 245 g/mol. The van der Waals surface area contributed by atoms with Gasteiger partial charge in [0.25, 0.3) is 11.7 Å². The number of hydrogen-bond donors (Lipinski definition) is 0. The Balaban J connectivity index is 2.56. The number of rotatable bonds is 2. The number of hydrogen-bond acceptors (Lipinski definition) is 2. The molecule has 0 radical (unpaired) electrons. The Bertz CT molecular complexity index is 490. The van der Waals surface area contributed by atoms with Gasteiger partial charge in [-0.05, 0) is 6.07 Å². The SMILES string of the molecule is O=C1C(=O)N(CCCl)c2cc(F)c(F)cc21. The van der Waals surface area contributed by atoms with Crippen molar-refractivity contribution >= 4 is 29.0 Å². The summed E-state index contributed by atoms with van der Waals surface area (Å²) in [6.07, 6.45) is 0. The van der Waals surface area contributed by atoms with Crippen LogP contribution < -0.4 is 4.90 Å². The number of amides is 1. The van der Waals surface area contributed by atoms with Gasteiger partial charge in [0.05, 0.1) is 11.3 Å². The number of nitrogens with zero attached hydrogens (tertiary/aromatic N) is 1. The zero-order valence-corrected chi connectivity index (χ0v) is 8.72. The summed E-state index contributed by atoms with van der Waals surface area (Å²) < 4.78 is 25.9. The Kier molecular flexibility index (Phi) is 2.63. The third-order valence-corrected chi connectivity index (χ3v) is 2.49. The molecule has 0 atom stereocenters. The van der Waals surface area contributed by atoms with Crippen molar-refractivity contribution in [3.63, 3.8) is 0 Å². The van der Waals surface area contributed by atoms with Gasteiger partial charge in [-0.2, -0.15) is 0 Å². The molecule has 0 aliphatic carbocycles. The number of anilines is 1. The quantitative estimate of drug-likeness (QED) is 0.588. The molecule has 0 spiro atoms. The number of benzene rings is 1. The summed E-state index contributed by atoms with van der Waals surface area (Å²) in [5.74, 6) is -3.77. The van der Waals surface area contributed by atoms with E-state index < -0.39 is 23.3 Å². The number of ketones is 1. The van der Waals surface area contributed by atoms with Crippen molar-refractivity contribution in [2.75, 3.05) is 17.3 Å². The molecule has 0 N–H and O–H groups in total. The highest BCUT2D eigenvalue weighted by molar-refractivity contribution is 6.52. The first-order valence-electron chi connectivity index (χ1n) is 4.47. The molecule has 1 aromatic carbocycles. The fraction of sp³-hybridized carbons (Fsp3) is 0.200. The average molecular weight is 246 g/mol. The molecule has 0 fully saturated rings. The smallest absolute Gasteiger partial charge is 0.299 e. The molecule has 6 heteroatoms. The zero-order chi connectivity index (χ0) is 11.9. The van der Waals surface area contributed by atoms with E-state index in [1.165, 1.54) is 0 Å². The Morgan fingerprint density at radius 3 is 2.44 bits per heavy atom. The molecule has 0 aromatic heterocycles. The highest BCUT2D eigenvalue weighted by atomic mass is 35.5. The van der Waals surface area contributed by atoms with Crippen molar-refractivity contribution in [1.82, 2.24) is 0 Å². The van der Waals surface area contributed by atoms with Crippen molar-refractivity contribution < 1.29 is 18.4 Å². The molecule has 1 aliphatic heterocycles. The second kappa shape index (κ2) is 3.83. The van der Waals surface area contributed by atoms with Gasteiger partial charge in [0.2, 0.25) is 0 Å². The van der Waals surface area contributed by atoms with Crippen molar-refractivity contribution in [2.45, 2.75) is 0 Å². The lowest BCUT2D eigenvalue weighted by molar-refractivity contribution is -0.114. The van der Waals surface area contributed by atoms with E-state index >= 15 is 0 Å². The van der Waals surface area contributed by atoms with E-state index in [0.717, 1.165) is 17.0 Å². The van der Waals surface area contributed by atoms with Gasteiger partial charge in [0, 0.05) is 18.5 Å². The lowest BCUT2D eigenvalue weighted by Gasteiger charge is -2.14. The Labute approximate surface area is 94.6 Å². The van der Waals surface area contributed by atoms with Crippen LogP contribution in [-0.2, 0) is 4.79 Å². The maximum atomic E-state index is 13.0. The minimum Gasteiger partial charge on any atom is -0.303 e. The third-order valence-electron chi connectivity index (χ3n) is 2.32. The molecule has 3 nitrogen and oxygen atoms in total. The first-order valence-corrected chi connectivity index (χ1v) is 5.01. The maximum Gasteiger partial charge on any atom is 0.299 e. The van der Waals surface area contributed by atoms with Gasteiger partial charge in [-0.1, -0.05) is 0 Å². The molecule has 1 aromatic rings. The summed E-state index contributed by atoms with van der Waals surface area (Å²) in [7, 11) is 0. The minimum absolute atomic E-state index is 0.0783. The minimum atomic E-state index is -1.15. The van der Waals surface area contributed by atoms with E-state index in [1.807, 2.05) is 0 Å². The number of Topliss-reactive ketones (excluding diaryl/α,β-unsaturated/α-hetero) is 1. The fourth-order valence-corrected chi connectivity index (χ4v) is 1.76. The van der Waals surface area contributed by atoms with Crippen LogP contribution in [-0.4, -0.2) is 24.1 Å². The average Bonchev–Trinajstić information content (AvgIpc) is 2.46. The van der Waals surface area contributed by atoms with Crippen LogP contribution in [0.5, 0.6) is 0 Å². The summed E-state index contributed by atoms with van der Waals surface area (Å²) in [6, 6.07) is 1.57. The molecule has 1 aliphatic rings. The number of carbonyl (C=O) groups excluding carboxylic acids is 2. The second-order valence-electron chi connectivity index (χ2n) is 3.26. The van der Waals surface area contributed by atoms with Crippen LogP contribution >= 0.6 is 11.6 Å². The van der Waals surface area contributed by atoms with Crippen molar-refractivity contribution in [1.29, 1.82) is 0 Å². The zero-order valence-electron chi connectivity index (χ0n) is 7.97. The Morgan fingerprint density at radius 2 is 1.81 bits per heavy atom. The van der Waals surface area contributed by atoms with Crippen LogP contribution in [0.25, 0.3) is 0 Å². The largest absolute Gasteiger partial charge is 0.303 e. The van der Waals surface area contributed by atoms with E-state index in [1.54, 1.807) is 0 Å². The number of halogens is 3. The summed E-state index contributed by atoms with van der Waals surface area (Å²) in [4.78, 5) is 23.9. The normalized spacial score (nSPS) is 14.6. The van der Waals surface area contributed by atoms with Crippen LogP contribution in [0.1, 0.15) is 10.4 Å². The summed E-state index contributed by atoms with van der Waals surface area (Å²) in [5.41, 5.74) is -0.0384. The highest BCUT2D eigenvalue weighted by Gasteiger charge is 2.36. The van der Waals surface area contributed by atoms with Crippen LogP contribution in [0.15, 0.2) is 12.1 Å². The number of carbonyl (C=O) groups is 2. The standard InChI is InChI=1S/C10H6ClF2NO2/c11-1-2-14-8-4-7(13)6(12)3-5(8)9(15)10(14)16/h3-4H,1-2H2. The highest BCUT2D eigenvalue weighted by Crippen LogP contribution is 2.30. The summed E-state index contributed by atoms with van der Waals surface area (Å²) in [5, 5.41) is 0. The van der Waals surface area contributed by atoms with Gasteiger partial charge in [0.15, 0.2) is 11.6 Å². The molecular weight excluding hydrogens is 240 g/mol. The molecule has 16 heavy (non-hydrogen) atoms. The molecular formula is C10H6ClF2NO2. The van der Waals surface area contributed by atoms with Crippen molar-refractivity contribution in [2.24, 2.45) is 0 Å². The Morgan fingerprint density at radius 1 is 1.19 bits per heavy atom. The van der Waals surface area contributed by atoms with Gasteiger partial charge < -0.3 is 4.90 Å². The topological polar surface area (TPSA) is 37.4 Å².